The highest BCUT2D eigenvalue weighted by atomic mass is 79.9. The monoisotopic (exact) mass is 326 g/mol. The van der Waals surface area contributed by atoms with Crippen LogP contribution in [0.25, 0.3) is 0 Å². The van der Waals surface area contributed by atoms with E-state index in [0.29, 0.717) is 13.1 Å². The minimum absolute atomic E-state index is 0.131. The van der Waals surface area contributed by atoms with Gasteiger partial charge in [-0.2, -0.15) is 0 Å². The van der Waals surface area contributed by atoms with Gasteiger partial charge in [0.05, 0.1) is 9.54 Å². The summed E-state index contributed by atoms with van der Waals surface area (Å²) >= 11 is 5.03. The second-order valence-corrected chi connectivity index (χ2v) is 8.33. The Labute approximate surface area is 109 Å². The van der Waals surface area contributed by atoms with E-state index in [1.165, 1.54) is 9.18 Å². The van der Waals surface area contributed by atoms with Crippen LogP contribution in [0.1, 0.15) is 4.88 Å². The number of hydrogen-bond donors (Lipinski definition) is 1. The number of rotatable bonds is 6. The topological polar surface area (TPSA) is 49.4 Å². The van der Waals surface area contributed by atoms with Crippen molar-refractivity contribution in [2.75, 3.05) is 26.4 Å². The quantitative estimate of drug-likeness (QED) is 0.806. The van der Waals surface area contributed by atoms with Gasteiger partial charge in [0.1, 0.15) is 0 Å². The van der Waals surface area contributed by atoms with Crippen LogP contribution < -0.4 is 5.32 Å². The van der Waals surface area contributed by atoms with Crippen molar-refractivity contribution >= 4 is 37.3 Å². The van der Waals surface area contributed by atoms with Crippen molar-refractivity contribution in [2.45, 2.75) is 6.54 Å². The number of nitrogens with one attached hydrogen (secondary N) is 1. The second-order valence-electron chi connectivity index (χ2n) is 3.48. The molecule has 0 aliphatic heterocycles. The zero-order valence-electron chi connectivity index (χ0n) is 9.23. The van der Waals surface area contributed by atoms with Crippen molar-refractivity contribution < 1.29 is 8.42 Å². The summed E-state index contributed by atoms with van der Waals surface area (Å²) in [6.45, 7) is 1.18. The summed E-state index contributed by atoms with van der Waals surface area (Å²) < 4.78 is 25.2. The van der Waals surface area contributed by atoms with Crippen LogP contribution in [0.3, 0.4) is 0 Å². The van der Waals surface area contributed by atoms with Crippen molar-refractivity contribution in [3.63, 3.8) is 0 Å². The Morgan fingerprint density at radius 3 is 2.62 bits per heavy atom. The molecular weight excluding hydrogens is 312 g/mol. The van der Waals surface area contributed by atoms with E-state index in [1.54, 1.807) is 25.4 Å². The Kier molecular flexibility index (Phi) is 5.39. The summed E-state index contributed by atoms with van der Waals surface area (Å²) in [7, 11) is 0.0122. The molecule has 0 amide bonds. The van der Waals surface area contributed by atoms with Gasteiger partial charge in [-0.3, -0.25) is 0 Å². The Hall–Kier alpha value is 0.0500. The molecule has 0 fully saturated rings. The van der Waals surface area contributed by atoms with Crippen LogP contribution in [0.15, 0.2) is 15.9 Å². The molecule has 0 atom stereocenters. The second kappa shape index (κ2) is 6.11. The van der Waals surface area contributed by atoms with Crippen molar-refractivity contribution in [3.05, 3.63) is 20.8 Å². The molecule has 1 aromatic rings. The largest absolute Gasteiger partial charge is 0.311 e. The molecule has 1 heterocycles. The van der Waals surface area contributed by atoms with Crippen LogP contribution in [0.4, 0.5) is 0 Å². The van der Waals surface area contributed by atoms with Gasteiger partial charge in [-0.1, -0.05) is 0 Å². The number of thiophene rings is 1. The van der Waals surface area contributed by atoms with E-state index in [4.69, 9.17) is 0 Å². The average Bonchev–Trinajstić information content (AvgIpc) is 2.59. The highest BCUT2D eigenvalue weighted by Gasteiger charge is 2.12. The van der Waals surface area contributed by atoms with Crippen molar-refractivity contribution in [1.29, 1.82) is 0 Å². The lowest BCUT2D eigenvalue weighted by molar-refractivity contribution is 0.517. The third-order valence-electron chi connectivity index (χ3n) is 2.02. The molecule has 0 spiro atoms. The van der Waals surface area contributed by atoms with Gasteiger partial charge in [0.25, 0.3) is 0 Å². The van der Waals surface area contributed by atoms with E-state index in [0.717, 1.165) is 3.79 Å². The zero-order valence-corrected chi connectivity index (χ0v) is 12.5. The van der Waals surface area contributed by atoms with E-state index in [-0.39, 0.29) is 5.75 Å². The number of halogens is 1. The lowest BCUT2D eigenvalue weighted by Gasteiger charge is -2.11. The first-order valence-corrected chi connectivity index (χ1v) is 7.99. The van der Waals surface area contributed by atoms with Crippen LogP contribution in [-0.2, 0) is 16.6 Å². The molecule has 0 bridgehead atoms. The van der Waals surface area contributed by atoms with Crippen molar-refractivity contribution in [1.82, 2.24) is 9.62 Å². The summed E-state index contributed by atoms with van der Waals surface area (Å²) in [5.74, 6) is 0.131. The van der Waals surface area contributed by atoms with E-state index >= 15 is 0 Å². The molecule has 0 saturated heterocycles. The van der Waals surface area contributed by atoms with Crippen molar-refractivity contribution in [3.8, 4) is 0 Å². The maximum atomic E-state index is 11.4. The van der Waals surface area contributed by atoms with Gasteiger partial charge >= 0.3 is 0 Å². The SMILES string of the molecule is CN(C)S(=O)(=O)CCNCc1ccc(Br)s1. The Balaban J connectivity index is 2.27. The standard InChI is InChI=1S/C9H15BrN2O2S2/c1-12(2)16(13,14)6-5-11-7-8-3-4-9(10)15-8/h3-4,11H,5-7H2,1-2H3. The minimum Gasteiger partial charge on any atom is -0.311 e. The van der Waals surface area contributed by atoms with E-state index in [1.807, 2.05) is 12.1 Å². The number of hydrogen-bond acceptors (Lipinski definition) is 4. The first kappa shape index (κ1) is 14.1. The summed E-state index contributed by atoms with van der Waals surface area (Å²) in [5.41, 5.74) is 0. The van der Waals surface area contributed by atoms with Crippen LogP contribution in [-0.4, -0.2) is 39.1 Å². The summed E-state index contributed by atoms with van der Waals surface area (Å²) in [5, 5.41) is 3.11. The van der Waals surface area contributed by atoms with E-state index in [9.17, 15) is 8.42 Å². The van der Waals surface area contributed by atoms with Gasteiger partial charge in [0.15, 0.2) is 0 Å². The summed E-state index contributed by atoms with van der Waals surface area (Å²) in [6, 6.07) is 4.00. The predicted octanol–water partition coefficient (Wildman–Crippen LogP) is 1.49. The maximum Gasteiger partial charge on any atom is 0.214 e. The third kappa shape index (κ3) is 4.50. The Morgan fingerprint density at radius 2 is 2.12 bits per heavy atom. The van der Waals surface area contributed by atoms with Crippen LogP contribution >= 0.6 is 27.3 Å². The fourth-order valence-corrected chi connectivity index (χ4v) is 3.26. The fraction of sp³-hybridized carbons (Fsp3) is 0.556. The maximum absolute atomic E-state index is 11.4. The molecule has 1 N–H and O–H groups in total. The van der Waals surface area contributed by atoms with Gasteiger partial charge in [-0.25, -0.2) is 12.7 Å². The van der Waals surface area contributed by atoms with Gasteiger partial charge in [0.2, 0.25) is 10.0 Å². The zero-order chi connectivity index (χ0) is 12.2. The van der Waals surface area contributed by atoms with Gasteiger partial charge in [0, 0.05) is 32.1 Å². The number of nitrogens with zero attached hydrogens (tertiary/aromatic N) is 1. The fourth-order valence-electron chi connectivity index (χ4n) is 1.04. The Morgan fingerprint density at radius 1 is 1.44 bits per heavy atom. The highest BCUT2D eigenvalue weighted by Crippen LogP contribution is 2.21. The molecule has 4 nitrogen and oxygen atoms in total. The molecule has 1 aromatic heterocycles. The molecule has 0 unspecified atom stereocenters. The normalized spacial score (nSPS) is 12.2. The minimum atomic E-state index is -3.08. The summed E-state index contributed by atoms with van der Waals surface area (Å²) in [6.07, 6.45) is 0. The predicted molar refractivity (Wildman–Crippen MR) is 71.2 cm³/mol. The first-order valence-electron chi connectivity index (χ1n) is 4.77. The average molecular weight is 327 g/mol. The molecule has 16 heavy (non-hydrogen) atoms. The number of sulfonamides is 1. The molecule has 0 aliphatic rings. The lowest BCUT2D eigenvalue weighted by Crippen LogP contribution is -2.30. The molecular formula is C9H15BrN2O2S2. The Bertz CT molecular complexity index is 428. The van der Waals surface area contributed by atoms with Crippen LogP contribution in [0, 0.1) is 0 Å². The molecule has 1 rings (SSSR count). The molecule has 0 radical (unpaired) electrons. The third-order valence-corrected chi connectivity index (χ3v) is 5.48. The first-order chi connectivity index (χ1) is 7.42. The molecule has 0 saturated carbocycles. The van der Waals surface area contributed by atoms with E-state index in [2.05, 4.69) is 21.2 Å². The van der Waals surface area contributed by atoms with Gasteiger partial charge < -0.3 is 5.32 Å². The molecule has 92 valence electrons. The van der Waals surface area contributed by atoms with Crippen molar-refractivity contribution in [2.24, 2.45) is 0 Å². The highest BCUT2D eigenvalue weighted by molar-refractivity contribution is 9.11. The van der Waals surface area contributed by atoms with E-state index < -0.39 is 10.0 Å². The molecule has 0 aliphatic carbocycles. The molecule has 0 aromatic carbocycles. The molecule has 7 heteroatoms. The van der Waals surface area contributed by atoms with Gasteiger partial charge in [-0.05, 0) is 28.1 Å². The smallest absolute Gasteiger partial charge is 0.214 e. The van der Waals surface area contributed by atoms with Crippen LogP contribution in [0.5, 0.6) is 0 Å². The lowest BCUT2D eigenvalue weighted by atomic mass is 10.4. The van der Waals surface area contributed by atoms with Gasteiger partial charge in [-0.15, -0.1) is 11.3 Å². The summed E-state index contributed by atoms with van der Waals surface area (Å²) in [4.78, 5) is 1.19. The van der Waals surface area contributed by atoms with Crippen LogP contribution in [0.2, 0.25) is 0 Å².